The van der Waals surface area contributed by atoms with E-state index in [1.54, 1.807) is 6.92 Å². The third-order valence-corrected chi connectivity index (χ3v) is 7.69. The van der Waals surface area contributed by atoms with Gasteiger partial charge in [-0.15, -0.1) is 0 Å². The lowest BCUT2D eigenvalue weighted by atomic mass is 9.96. The van der Waals surface area contributed by atoms with E-state index in [2.05, 4.69) is 0 Å². The van der Waals surface area contributed by atoms with Crippen LogP contribution in [0.25, 0.3) is 0 Å². The second-order valence-electron chi connectivity index (χ2n) is 13.0. The molecule has 2 fully saturated rings. The number of hydrogen-bond acceptors (Lipinski definition) is 12. The zero-order chi connectivity index (χ0) is 35.0. The van der Waals surface area contributed by atoms with Crippen LogP contribution in [0.4, 0.5) is 0 Å². The van der Waals surface area contributed by atoms with Gasteiger partial charge in [0.15, 0.2) is 30.9 Å². The Kier molecular flexibility index (Phi) is 13.1. The number of carbonyl (C=O) groups excluding carboxylic acids is 3. The van der Waals surface area contributed by atoms with E-state index in [-0.39, 0.29) is 13.2 Å². The molecule has 2 aromatic rings. The van der Waals surface area contributed by atoms with Gasteiger partial charge in [0.25, 0.3) is 0 Å². The predicted molar refractivity (Wildman–Crippen MR) is 171 cm³/mol. The molecule has 0 bridgehead atoms. The van der Waals surface area contributed by atoms with Crippen molar-refractivity contribution in [1.82, 2.24) is 0 Å². The smallest absolute Gasteiger partial charge is 0.303 e. The molecule has 0 N–H and O–H groups in total. The fourth-order valence-corrected chi connectivity index (χ4v) is 5.75. The molecule has 4 rings (SSSR count). The third kappa shape index (κ3) is 10.6. The lowest BCUT2D eigenvalue weighted by molar-refractivity contribution is -0.378. The molecule has 0 aromatic heterocycles. The molecule has 0 radical (unpaired) electrons. The summed E-state index contributed by atoms with van der Waals surface area (Å²) in [5.41, 5.74) is 1.20. The van der Waals surface area contributed by atoms with E-state index in [9.17, 15) is 14.4 Å². The van der Waals surface area contributed by atoms with Crippen LogP contribution >= 0.6 is 0 Å². The van der Waals surface area contributed by atoms with Crippen molar-refractivity contribution < 1.29 is 57.0 Å². The van der Waals surface area contributed by atoms with Gasteiger partial charge in [-0.1, -0.05) is 60.7 Å². The average Bonchev–Trinajstić information content (AvgIpc) is 3.00. The first-order chi connectivity index (χ1) is 22.7. The maximum absolute atomic E-state index is 12.4. The Hall–Kier alpha value is -3.39. The molecule has 0 spiro atoms. The van der Waals surface area contributed by atoms with Gasteiger partial charge in [-0.2, -0.15) is 0 Å². The van der Waals surface area contributed by atoms with Gasteiger partial charge in [-0.25, -0.2) is 0 Å². The maximum atomic E-state index is 12.4. The Labute approximate surface area is 282 Å². The normalized spacial score (nSPS) is 30.7. The molecule has 0 saturated carbocycles. The molecule has 2 aliphatic heterocycles. The van der Waals surface area contributed by atoms with Crippen molar-refractivity contribution in [2.45, 2.75) is 136 Å². The van der Waals surface area contributed by atoms with Crippen LogP contribution in [0.2, 0.25) is 0 Å². The highest BCUT2D eigenvalue weighted by Gasteiger charge is 2.55. The highest BCUT2D eigenvalue weighted by molar-refractivity contribution is 5.68. The molecule has 0 unspecified atom stereocenters. The molecule has 2 aromatic carbocycles. The summed E-state index contributed by atoms with van der Waals surface area (Å²) in [4.78, 5) is 36.7. The van der Waals surface area contributed by atoms with Gasteiger partial charge >= 0.3 is 17.9 Å². The minimum absolute atomic E-state index is 0.214. The van der Waals surface area contributed by atoms with Crippen LogP contribution in [0.1, 0.15) is 66.5 Å². The summed E-state index contributed by atoms with van der Waals surface area (Å²) in [6, 6.07) is 19.4. The topological polar surface area (TPSA) is 134 Å². The van der Waals surface area contributed by atoms with Gasteiger partial charge in [0.1, 0.15) is 18.3 Å². The summed E-state index contributed by atoms with van der Waals surface area (Å²) in [5, 5.41) is 0. The molecular formula is C36H48O12. The third-order valence-electron chi connectivity index (χ3n) is 7.69. The van der Waals surface area contributed by atoms with E-state index >= 15 is 0 Å². The van der Waals surface area contributed by atoms with E-state index < -0.39 is 84.9 Å². The molecule has 48 heavy (non-hydrogen) atoms. The average molecular weight is 673 g/mol. The SMILES string of the molecule is CC(=O)O[C@H]1[C@@H](OC(C)=O)[C@H](O[C@H]2[C@H](OC(C)(C)C)O[C@@H](C)[C@H](OCc3ccccc3)[C@H]2OCc2ccccc2)O[C@@H](C)[C@H]1OC(C)=O. The zero-order valence-electron chi connectivity index (χ0n) is 28.9. The first-order valence-electron chi connectivity index (χ1n) is 16.2. The van der Waals surface area contributed by atoms with Crippen molar-refractivity contribution in [1.29, 1.82) is 0 Å². The molecule has 2 heterocycles. The van der Waals surface area contributed by atoms with Crippen molar-refractivity contribution in [2.75, 3.05) is 0 Å². The van der Waals surface area contributed by atoms with Gasteiger partial charge in [-0.05, 0) is 45.7 Å². The van der Waals surface area contributed by atoms with E-state index in [1.807, 2.05) is 88.4 Å². The van der Waals surface area contributed by atoms with Crippen molar-refractivity contribution in [2.24, 2.45) is 0 Å². The number of esters is 3. The van der Waals surface area contributed by atoms with Crippen LogP contribution in [0.5, 0.6) is 0 Å². The monoisotopic (exact) mass is 672 g/mol. The van der Waals surface area contributed by atoms with Gasteiger partial charge in [-0.3, -0.25) is 14.4 Å². The molecule has 0 aliphatic carbocycles. The summed E-state index contributed by atoms with van der Waals surface area (Å²) in [6.45, 7) is 13.3. The Morgan fingerprint density at radius 3 is 1.52 bits per heavy atom. The molecule has 12 nitrogen and oxygen atoms in total. The van der Waals surface area contributed by atoms with Crippen LogP contribution in [0, 0.1) is 0 Å². The fourth-order valence-electron chi connectivity index (χ4n) is 5.75. The van der Waals surface area contributed by atoms with E-state index in [0.29, 0.717) is 0 Å². The molecular weight excluding hydrogens is 624 g/mol. The van der Waals surface area contributed by atoms with Gasteiger partial charge in [0, 0.05) is 20.8 Å². The number of rotatable bonds is 12. The van der Waals surface area contributed by atoms with Crippen LogP contribution in [0.3, 0.4) is 0 Å². The van der Waals surface area contributed by atoms with Crippen LogP contribution in [-0.2, 0) is 70.2 Å². The van der Waals surface area contributed by atoms with E-state index in [1.165, 1.54) is 20.8 Å². The zero-order valence-corrected chi connectivity index (χ0v) is 28.9. The van der Waals surface area contributed by atoms with Crippen molar-refractivity contribution >= 4 is 17.9 Å². The predicted octanol–water partition coefficient (Wildman–Crippen LogP) is 4.64. The number of ether oxygens (including phenoxy) is 9. The van der Waals surface area contributed by atoms with Gasteiger partial charge in [0.2, 0.25) is 0 Å². The van der Waals surface area contributed by atoms with Crippen molar-refractivity contribution in [3.63, 3.8) is 0 Å². The lowest BCUT2D eigenvalue weighted by Gasteiger charge is -2.49. The number of benzene rings is 2. The summed E-state index contributed by atoms with van der Waals surface area (Å²) in [7, 11) is 0. The van der Waals surface area contributed by atoms with Gasteiger partial charge < -0.3 is 42.6 Å². The number of carbonyl (C=O) groups is 3. The molecule has 2 saturated heterocycles. The second-order valence-corrected chi connectivity index (χ2v) is 13.0. The highest BCUT2D eigenvalue weighted by atomic mass is 16.8. The standard InChI is InChI=1S/C36H48O12/c1-21-28(40-19-26-15-11-9-12-16-26)30(41-20-27-17-13-10-14-18-27)32(35(43-21)48-36(6,7)8)47-34-33(46-25(5)39)31(45-24(4)38)29(22(2)42-34)44-23(3)37/h9-18,21-22,28-35H,19-20H2,1-8H3/t21-,22-,28-,29+,30+,31+,32+,33+,34-,35-/m0/s1. The van der Waals surface area contributed by atoms with Crippen molar-refractivity contribution in [3.8, 4) is 0 Å². The van der Waals surface area contributed by atoms with Gasteiger partial charge in [0.05, 0.1) is 31.0 Å². The fraction of sp³-hybridized carbons (Fsp3) is 0.583. The summed E-state index contributed by atoms with van der Waals surface area (Å²) >= 11 is 0. The summed E-state index contributed by atoms with van der Waals surface area (Å²) in [5.74, 6) is -2.00. The molecule has 12 heteroatoms. The quantitative estimate of drug-likeness (QED) is 0.230. The molecule has 0 amide bonds. The summed E-state index contributed by atoms with van der Waals surface area (Å²) < 4.78 is 55.6. The highest BCUT2D eigenvalue weighted by Crippen LogP contribution is 2.36. The Morgan fingerprint density at radius 2 is 1.02 bits per heavy atom. The maximum Gasteiger partial charge on any atom is 0.303 e. The minimum atomic E-state index is -1.33. The molecule has 2 aliphatic rings. The van der Waals surface area contributed by atoms with E-state index in [0.717, 1.165) is 11.1 Å². The van der Waals surface area contributed by atoms with Crippen molar-refractivity contribution in [3.05, 3.63) is 71.8 Å². The molecule has 10 atom stereocenters. The summed E-state index contributed by atoms with van der Waals surface area (Å²) in [6.07, 6.45) is -9.78. The second kappa shape index (κ2) is 16.8. The minimum Gasteiger partial charge on any atom is -0.456 e. The largest absolute Gasteiger partial charge is 0.456 e. The first kappa shape index (κ1) is 37.4. The Balaban J connectivity index is 1.74. The number of hydrogen-bond donors (Lipinski definition) is 0. The first-order valence-corrected chi connectivity index (χ1v) is 16.2. The molecule has 264 valence electrons. The Bertz CT molecular complexity index is 1330. The van der Waals surface area contributed by atoms with Crippen LogP contribution in [-0.4, -0.2) is 84.9 Å². The lowest BCUT2D eigenvalue weighted by Crippen LogP contribution is -2.66. The van der Waals surface area contributed by atoms with E-state index in [4.69, 9.17) is 42.6 Å². The Morgan fingerprint density at radius 1 is 0.583 bits per heavy atom. The van der Waals surface area contributed by atoms with Crippen LogP contribution in [0.15, 0.2) is 60.7 Å². The van der Waals surface area contributed by atoms with Crippen LogP contribution < -0.4 is 0 Å².